The molecule has 0 atom stereocenters. The number of rotatable bonds is 9. The first-order valence-corrected chi connectivity index (χ1v) is 6.14. The first-order valence-electron chi connectivity index (χ1n) is 6.14. The third-order valence-corrected chi connectivity index (χ3v) is 2.55. The smallest absolute Gasteiger partial charge is 0.248 e. The van der Waals surface area contributed by atoms with Gasteiger partial charge >= 0.3 is 0 Å². The number of carbonyl (C=O) groups excluding carboxylic acids is 1. The van der Waals surface area contributed by atoms with Crippen LogP contribution in [0.15, 0.2) is 0 Å². The van der Waals surface area contributed by atoms with E-state index in [1.54, 1.807) is 4.90 Å². The van der Waals surface area contributed by atoms with Crippen molar-refractivity contribution in [1.29, 1.82) is 0 Å². The van der Waals surface area contributed by atoms with Crippen LogP contribution in [0.4, 0.5) is 0 Å². The minimum Gasteiger partial charge on any atom is -0.387 e. The van der Waals surface area contributed by atoms with Gasteiger partial charge in [0.25, 0.3) is 0 Å². The summed E-state index contributed by atoms with van der Waals surface area (Å²) >= 11 is 0. The number of amides is 1. The summed E-state index contributed by atoms with van der Waals surface area (Å²) in [6.45, 7) is 5.55. The Hall–Kier alpha value is -0.570. The molecule has 0 aliphatic heterocycles. The maximum Gasteiger partial charge on any atom is 0.248 e. The van der Waals surface area contributed by atoms with Gasteiger partial charge in [-0.3, -0.25) is 4.79 Å². The van der Waals surface area contributed by atoms with Gasteiger partial charge in [0.15, 0.2) is 0 Å². The Morgan fingerprint density at radius 1 is 1.00 bits per heavy atom. The third-order valence-electron chi connectivity index (χ3n) is 2.55. The lowest BCUT2D eigenvalue weighted by atomic mass is 10.2. The van der Waals surface area contributed by atoms with Crippen molar-refractivity contribution in [2.75, 3.05) is 19.7 Å². The molecule has 0 spiro atoms. The molecule has 3 heteroatoms. The van der Waals surface area contributed by atoms with Crippen LogP contribution in [-0.2, 0) is 4.79 Å². The Bertz CT molecular complexity index is 150. The van der Waals surface area contributed by atoms with Gasteiger partial charge in [-0.2, -0.15) is 0 Å². The molecule has 0 rings (SSSR count). The minimum absolute atomic E-state index is 0.123. The molecule has 1 amide bonds. The van der Waals surface area contributed by atoms with Crippen molar-refractivity contribution >= 4 is 5.91 Å². The van der Waals surface area contributed by atoms with Gasteiger partial charge in [-0.05, 0) is 12.8 Å². The van der Waals surface area contributed by atoms with Crippen molar-refractivity contribution in [3.05, 3.63) is 0 Å². The van der Waals surface area contributed by atoms with E-state index in [-0.39, 0.29) is 12.5 Å². The minimum atomic E-state index is -0.349. The number of hydrogen-bond acceptors (Lipinski definition) is 2. The highest BCUT2D eigenvalue weighted by atomic mass is 16.3. The van der Waals surface area contributed by atoms with E-state index in [0.29, 0.717) is 0 Å². The topological polar surface area (TPSA) is 40.5 Å². The zero-order valence-electron chi connectivity index (χ0n) is 10.2. The molecule has 3 nitrogen and oxygen atoms in total. The van der Waals surface area contributed by atoms with Gasteiger partial charge in [0.1, 0.15) is 6.61 Å². The fourth-order valence-corrected chi connectivity index (χ4v) is 1.57. The van der Waals surface area contributed by atoms with Crippen LogP contribution >= 0.6 is 0 Å². The highest BCUT2D eigenvalue weighted by molar-refractivity contribution is 5.77. The van der Waals surface area contributed by atoms with E-state index >= 15 is 0 Å². The highest BCUT2D eigenvalue weighted by Crippen LogP contribution is 2.02. The summed E-state index contributed by atoms with van der Waals surface area (Å²) in [7, 11) is 0. The lowest BCUT2D eigenvalue weighted by Crippen LogP contribution is -2.35. The summed E-state index contributed by atoms with van der Waals surface area (Å²) in [6.07, 6.45) is 6.74. The van der Waals surface area contributed by atoms with Gasteiger partial charge < -0.3 is 10.0 Å². The summed E-state index contributed by atoms with van der Waals surface area (Å²) in [6, 6.07) is 0. The fraction of sp³-hybridized carbons (Fsp3) is 0.917. The maximum absolute atomic E-state index is 11.4. The molecule has 0 heterocycles. The average molecular weight is 215 g/mol. The third kappa shape index (κ3) is 7.37. The number of aliphatic hydroxyl groups is 1. The summed E-state index contributed by atoms with van der Waals surface area (Å²) in [4.78, 5) is 13.2. The number of unbranched alkanes of at least 4 members (excludes halogenated alkanes) is 4. The zero-order valence-corrected chi connectivity index (χ0v) is 10.2. The van der Waals surface area contributed by atoms with Gasteiger partial charge in [0, 0.05) is 13.1 Å². The predicted octanol–water partition coefficient (Wildman–Crippen LogP) is 2.19. The second kappa shape index (κ2) is 9.97. The van der Waals surface area contributed by atoms with E-state index < -0.39 is 0 Å². The van der Waals surface area contributed by atoms with E-state index in [0.717, 1.165) is 51.6 Å². The van der Waals surface area contributed by atoms with E-state index in [2.05, 4.69) is 13.8 Å². The monoisotopic (exact) mass is 215 g/mol. The molecular weight excluding hydrogens is 190 g/mol. The predicted molar refractivity (Wildman–Crippen MR) is 62.7 cm³/mol. The quantitative estimate of drug-likeness (QED) is 0.599. The van der Waals surface area contributed by atoms with Crippen LogP contribution in [0, 0.1) is 0 Å². The van der Waals surface area contributed by atoms with Gasteiger partial charge in [0.05, 0.1) is 0 Å². The molecule has 0 aromatic heterocycles. The molecule has 0 fully saturated rings. The average Bonchev–Trinajstić information content (AvgIpc) is 2.26. The molecular formula is C12H25NO2. The Morgan fingerprint density at radius 3 is 1.80 bits per heavy atom. The molecule has 90 valence electrons. The van der Waals surface area contributed by atoms with E-state index in [9.17, 15) is 4.79 Å². The van der Waals surface area contributed by atoms with Crippen LogP contribution in [0.25, 0.3) is 0 Å². The summed E-state index contributed by atoms with van der Waals surface area (Å²) in [5.41, 5.74) is 0. The van der Waals surface area contributed by atoms with Crippen molar-refractivity contribution in [1.82, 2.24) is 4.90 Å². The fourth-order valence-electron chi connectivity index (χ4n) is 1.57. The van der Waals surface area contributed by atoms with Crippen LogP contribution in [0.2, 0.25) is 0 Å². The van der Waals surface area contributed by atoms with Crippen molar-refractivity contribution in [3.8, 4) is 0 Å². The molecule has 0 aromatic rings. The molecule has 0 radical (unpaired) electrons. The maximum atomic E-state index is 11.4. The van der Waals surface area contributed by atoms with Crippen molar-refractivity contribution in [2.24, 2.45) is 0 Å². The van der Waals surface area contributed by atoms with Crippen molar-refractivity contribution < 1.29 is 9.90 Å². The number of carbonyl (C=O) groups is 1. The molecule has 0 unspecified atom stereocenters. The number of nitrogens with zero attached hydrogens (tertiary/aromatic N) is 1. The largest absolute Gasteiger partial charge is 0.387 e. The van der Waals surface area contributed by atoms with Gasteiger partial charge in [0.2, 0.25) is 5.91 Å². The Labute approximate surface area is 93.5 Å². The van der Waals surface area contributed by atoms with Gasteiger partial charge in [-0.1, -0.05) is 39.5 Å². The Kier molecular flexibility index (Phi) is 9.59. The van der Waals surface area contributed by atoms with Crippen molar-refractivity contribution in [2.45, 2.75) is 52.4 Å². The molecule has 0 aromatic carbocycles. The second-order valence-electron chi connectivity index (χ2n) is 3.95. The lowest BCUT2D eigenvalue weighted by molar-refractivity contribution is -0.134. The number of hydrogen-bond donors (Lipinski definition) is 1. The molecule has 1 N–H and O–H groups in total. The second-order valence-corrected chi connectivity index (χ2v) is 3.95. The van der Waals surface area contributed by atoms with Gasteiger partial charge in [-0.15, -0.1) is 0 Å². The van der Waals surface area contributed by atoms with E-state index in [4.69, 9.17) is 5.11 Å². The molecule has 0 aliphatic carbocycles. The summed E-state index contributed by atoms with van der Waals surface area (Å²) < 4.78 is 0. The normalized spacial score (nSPS) is 10.3. The van der Waals surface area contributed by atoms with Crippen LogP contribution < -0.4 is 0 Å². The first kappa shape index (κ1) is 14.4. The Balaban J connectivity index is 3.79. The Morgan fingerprint density at radius 2 is 1.47 bits per heavy atom. The molecule has 0 saturated carbocycles. The van der Waals surface area contributed by atoms with Crippen LogP contribution in [0.5, 0.6) is 0 Å². The van der Waals surface area contributed by atoms with Gasteiger partial charge in [-0.25, -0.2) is 0 Å². The lowest BCUT2D eigenvalue weighted by Gasteiger charge is -2.21. The summed E-state index contributed by atoms with van der Waals surface area (Å²) in [5.74, 6) is -0.123. The van der Waals surface area contributed by atoms with Crippen LogP contribution in [0.3, 0.4) is 0 Å². The van der Waals surface area contributed by atoms with Crippen LogP contribution in [-0.4, -0.2) is 35.6 Å². The molecule has 0 bridgehead atoms. The zero-order chi connectivity index (χ0) is 11.5. The van der Waals surface area contributed by atoms with Crippen LogP contribution in [0.1, 0.15) is 52.4 Å². The van der Waals surface area contributed by atoms with E-state index in [1.165, 1.54) is 0 Å². The highest BCUT2D eigenvalue weighted by Gasteiger charge is 2.10. The standard InChI is InChI=1S/C12H25NO2/c1-3-5-7-9-13(12(15)11-14)10-8-6-4-2/h14H,3-11H2,1-2H3. The number of aliphatic hydroxyl groups excluding tert-OH is 1. The molecule has 0 saturated heterocycles. The first-order chi connectivity index (χ1) is 7.26. The molecule has 15 heavy (non-hydrogen) atoms. The van der Waals surface area contributed by atoms with E-state index in [1.807, 2.05) is 0 Å². The van der Waals surface area contributed by atoms with Crippen molar-refractivity contribution in [3.63, 3.8) is 0 Å². The molecule has 0 aliphatic rings. The summed E-state index contributed by atoms with van der Waals surface area (Å²) in [5, 5.41) is 8.83. The SMILES string of the molecule is CCCCCN(CCCCC)C(=O)CO.